The number of aromatic nitrogens is 4. The van der Waals surface area contributed by atoms with Crippen LogP contribution in [0.1, 0.15) is 30.6 Å². The highest BCUT2D eigenvalue weighted by Gasteiger charge is 2.19. The molecule has 0 spiro atoms. The molecular formula is C8H11N5OS. The molecule has 7 heteroatoms. The van der Waals surface area contributed by atoms with Gasteiger partial charge in [-0.3, -0.25) is 4.79 Å². The Morgan fingerprint density at radius 1 is 1.53 bits per heavy atom. The Labute approximate surface area is 90.3 Å². The highest BCUT2D eigenvalue weighted by atomic mass is 32.1. The zero-order valence-corrected chi connectivity index (χ0v) is 9.50. The van der Waals surface area contributed by atoms with E-state index in [1.165, 1.54) is 22.2 Å². The Kier molecular flexibility index (Phi) is 2.18. The molecule has 0 bridgehead atoms. The number of carbonyl (C=O) groups excluding carboxylic acids is 1. The number of nitrogens with zero attached hydrogens (tertiary/aromatic N) is 4. The van der Waals surface area contributed by atoms with Gasteiger partial charge in [0.25, 0.3) is 5.91 Å². The van der Waals surface area contributed by atoms with Crippen LogP contribution in [0.5, 0.6) is 0 Å². The molecule has 2 aromatic rings. The van der Waals surface area contributed by atoms with Crippen molar-refractivity contribution in [2.24, 2.45) is 0 Å². The summed E-state index contributed by atoms with van der Waals surface area (Å²) in [5.74, 6) is -0.182. The van der Waals surface area contributed by atoms with Crippen molar-refractivity contribution in [3.8, 4) is 0 Å². The first-order valence-corrected chi connectivity index (χ1v) is 5.27. The standard InChI is InChI=1S/C8H11N5OS/c1-8(2,3)10-5(14)6-12-13-4-9-11-7(13)15-6/h4H,1-3H3,(H,10,14). The zero-order chi connectivity index (χ0) is 11.1. The molecule has 0 unspecified atom stereocenters. The SMILES string of the molecule is CC(C)(C)NC(=O)c1nn2cnnc2s1. The number of nitrogens with one attached hydrogen (secondary N) is 1. The van der Waals surface area contributed by atoms with E-state index in [0.29, 0.717) is 9.97 Å². The molecule has 2 rings (SSSR count). The number of hydrogen-bond acceptors (Lipinski definition) is 5. The fourth-order valence-electron chi connectivity index (χ4n) is 1.05. The van der Waals surface area contributed by atoms with Crippen LogP contribution >= 0.6 is 11.3 Å². The Balaban J connectivity index is 2.24. The third kappa shape index (κ3) is 2.12. The molecule has 0 aromatic carbocycles. The minimum absolute atomic E-state index is 0.182. The van der Waals surface area contributed by atoms with Gasteiger partial charge in [-0.1, -0.05) is 11.3 Å². The van der Waals surface area contributed by atoms with E-state index in [0.717, 1.165) is 0 Å². The second-order valence-corrected chi connectivity index (χ2v) is 5.13. The lowest BCUT2D eigenvalue weighted by Crippen LogP contribution is -2.40. The van der Waals surface area contributed by atoms with Crippen LogP contribution in [-0.2, 0) is 0 Å². The summed E-state index contributed by atoms with van der Waals surface area (Å²) in [7, 11) is 0. The Hall–Kier alpha value is -1.50. The molecule has 0 aliphatic carbocycles. The van der Waals surface area contributed by atoms with Crippen molar-refractivity contribution in [1.82, 2.24) is 25.1 Å². The van der Waals surface area contributed by atoms with Crippen LogP contribution < -0.4 is 5.32 Å². The maximum absolute atomic E-state index is 11.7. The lowest BCUT2D eigenvalue weighted by molar-refractivity contribution is 0.0918. The van der Waals surface area contributed by atoms with Crippen molar-refractivity contribution in [3.63, 3.8) is 0 Å². The van der Waals surface area contributed by atoms with Crippen LogP contribution in [-0.4, -0.2) is 31.3 Å². The molecular weight excluding hydrogens is 214 g/mol. The van der Waals surface area contributed by atoms with Crippen molar-refractivity contribution in [1.29, 1.82) is 0 Å². The molecule has 0 aliphatic rings. The van der Waals surface area contributed by atoms with E-state index in [4.69, 9.17) is 0 Å². The van der Waals surface area contributed by atoms with Crippen LogP contribution in [0.2, 0.25) is 0 Å². The Bertz CT molecular complexity index is 466. The molecule has 0 fully saturated rings. The lowest BCUT2D eigenvalue weighted by Gasteiger charge is -2.19. The average Bonchev–Trinajstić information content (AvgIpc) is 2.56. The van der Waals surface area contributed by atoms with Crippen LogP contribution in [0.4, 0.5) is 0 Å². The molecule has 80 valence electrons. The summed E-state index contributed by atoms with van der Waals surface area (Å²) in [6.45, 7) is 5.77. The molecule has 0 radical (unpaired) electrons. The van der Waals surface area contributed by atoms with Gasteiger partial charge in [-0.15, -0.1) is 15.3 Å². The Morgan fingerprint density at radius 3 is 2.87 bits per heavy atom. The van der Waals surface area contributed by atoms with Gasteiger partial charge in [0, 0.05) is 5.54 Å². The number of rotatable bonds is 1. The van der Waals surface area contributed by atoms with Crippen LogP contribution in [0.15, 0.2) is 6.33 Å². The number of hydrogen-bond donors (Lipinski definition) is 1. The van der Waals surface area contributed by atoms with Gasteiger partial charge in [0.15, 0.2) is 0 Å². The summed E-state index contributed by atoms with van der Waals surface area (Å²) in [6.07, 6.45) is 1.47. The van der Waals surface area contributed by atoms with Gasteiger partial charge in [0.2, 0.25) is 9.97 Å². The summed E-state index contributed by atoms with van der Waals surface area (Å²) in [4.78, 5) is 12.3. The van der Waals surface area contributed by atoms with E-state index < -0.39 is 0 Å². The van der Waals surface area contributed by atoms with Crippen molar-refractivity contribution in [2.75, 3.05) is 0 Å². The number of amides is 1. The third-order valence-electron chi connectivity index (χ3n) is 1.57. The molecule has 0 aliphatic heterocycles. The summed E-state index contributed by atoms with van der Waals surface area (Å²) < 4.78 is 1.49. The van der Waals surface area contributed by atoms with Gasteiger partial charge < -0.3 is 5.32 Å². The van der Waals surface area contributed by atoms with Crippen LogP contribution in [0, 0.1) is 0 Å². The van der Waals surface area contributed by atoms with Crippen molar-refractivity contribution < 1.29 is 4.79 Å². The van der Waals surface area contributed by atoms with Gasteiger partial charge in [0.05, 0.1) is 0 Å². The van der Waals surface area contributed by atoms with Crippen molar-refractivity contribution in [2.45, 2.75) is 26.3 Å². The first-order valence-electron chi connectivity index (χ1n) is 4.45. The molecule has 2 aromatic heterocycles. The topological polar surface area (TPSA) is 72.2 Å². The molecule has 0 saturated heterocycles. The summed E-state index contributed by atoms with van der Waals surface area (Å²) in [5.41, 5.74) is -0.261. The van der Waals surface area contributed by atoms with Crippen LogP contribution in [0.3, 0.4) is 0 Å². The first-order chi connectivity index (χ1) is 6.96. The minimum atomic E-state index is -0.261. The summed E-state index contributed by atoms with van der Waals surface area (Å²) >= 11 is 1.22. The third-order valence-corrected chi connectivity index (χ3v) is 2.48. The maximum atomic E-state index is 11.7. The van der Waals surface area contributed by atoms with Gasteiger partial charge in [-0.25, -0.2) is 0 Å². The van der Waals surface area contributed by atoms with E-state index in [-0.39, 0.29) is 11.4 Å². The molecule has 0 saturated carbocycles. The molecule has 0 atom stereocenters. The largest absolute Gasteiger partial charge is 0.345 e. The molecule has 2 heterocycles. The second kappa shape index (κ2) is 3.27. The highest BCUT2D eigenvalue weighted by molar-refractivity contribution is 7.18. The van der Waals surface area contributed by atoms with E-state index >= 15 is 0 Å². The molecule has 1 N–H and O–H groups in total. The van der Waals surface area contributed by atoms with Crippen molar-refractivity contribution >= 4 is 22.2 Å². The summed E-state index contributed by atoms with van der Waals surface area (Å²) in [5, 5.41) is 14.8. The van der Waals surface area contributed by atoms with Crippen molar-refractivity contribution in [3.05, 3.63) is 11.3 Å². The van der Waals surface area contributed by atoms with Gasteiger partial charge >= 0.3 is 0 Å². The molecule has 1 amide bonds. The fraction of sp³-hybridized carbons (Fsp3) is 0.500. The Morgan fingerprint density at radius 2 is 2.27 bits per heavy atom. The lowest BCUT2D eigenvalue weighted by atomic mass is 10.1. The minimum Gasteiger partial charge on any atom is -0.345 e. The van der Waals surface area contributed by atoms with Gasteiger partial charge in [0.1, 0.15) is 6.33 Å². The maximum Gasteiger partial charge on any atom is 0.282 e. The van der Waals surface area contributed by atoms with E-state index in [9.17, 15) is 4.79 Å². The number of fused-ring (bicyclic) bond motifs is 1. The highest BCUT2D eigenvalue weighted by Crippen LogP contribution is 2.12. The van der Waals surface area contributed by atoms with E-state index in [1.54, 1.807) is 0 Å². The summed E-state index contributed by atoms with van der Waals surface area (Å²) in [6, 6.07) is 0. The zero-order valence-electron chi connectivity index (χ0n) is 8.68. The second-order valence-electron chi connectivity index (χ2n) is 4.17. The van der Waals surface area contributed by atoms with Crippen LogP contribution in [0.25, 0.3) is 4.96 Å². The first kappa shape index (κ1) is 10.0. The predicted octanol–water partition coefficient (Wildman–Crippen LogP) is 0.714. The average molecular weight is 225 g/mol. The predicted molar refractivity (Wildman–Crippen MR) is 55.9 cm³/mol. The quantitative estimate of drug-likeness (QED) is 0.776. The molecule has 6 nitrogen and oxygen atoms in total. The monoisotopic (exact) mass is 225 g/mol. The van der Waals surface area contributed by atoms with Gasteiger partial charge in [-0.05, 0) is 20.8 Å². The van der Waals surface area contributed by atoms with E-state index in [1.807, 2.05) is 20.8 Å². The smallest absolute Gasteiger partial charge is 0.282 e. The normalized spacial score (nSPS) is 11.9. The van der Waals surface area contributed by atoms with Gasteiger partial charge in [-0.2, -0.15) is 4.52 Å². The molecule has 15 heavy (non-hydrogen) atoms. The number of carbonyl (C=O) groups is 1. The van der Waals surface area contributed by atoms with E-state index in [2.05, 4.69) is 20.6 Å². The fourth-order valence-corrected chi connectivity index (χ4v) is 1.76.